The number of carbonyl (C=O) groups is 2. The average Bonchev–Trinajstić information content (AvgIpc) is 3.15. The molecule has 0 saturated carbocycles. The van der Waals surface area contributed by atoms with Gasteiger partial charge in [0.25, 0.3) is 5.91 Å². The van der Waals surface area contributed by atoms with Crippen LogP contribution in [-0.4, -0.2) is 29.8 Å². The van der Waals surface area contributed by atoms with E-state index in [1.165, 1.54) is 0 Å². The van der Waals surface area contributed by atoms with Gasteiger partial charge in [0, 0.05) is 23.1 Å². The van der Waals surface area contributed by atoms with Gasteiger partial charge < -0.3 is 10.2 Å². The molecule has 0 aliphatic carbocycles. The SMILES string of the molecule is O=C(N[C@H](C(=O)N1CCCC1)c1ccccc1)c1ccc(Br)cc1. The normalized spacial score (nSPS) is 15.1. The third-order valence-electron chi connectivity index (χ3n) is 4.18. The Bertz CT molecular complexity index is 710. The molecule has 2 aromatic rings. The number of nitrogens with zero attached hydrogens (tertiary/aromatic N) is 1. The number of hydrogen-bond donors (Lipinski definition) is 1. The first-order chi connectivity index (χ1) is 11.6. The highest BCUT2D eigenvalue weighted by Crippen LogP contribution is 2.20. The molecule has 24 heavy (non-hydrogen) atoms. The molecule has 1 fully saturated rings. The van der Waals surface area contributed by atoms with Crippen molar-refractivity contribution in [2.75, 3.05) is 13.1 Å². The van der Waals surface area contributed by atoms with Gasteiger partial charge in [-0.05, 0) is 42.7 Å². The van der Waals surface area contributed by atoms with E-state index in [9.17, 15) is 9.59 Å². The van der Waals surface area contributed by atoms with Crippen LogP contribution in [0.25, 0.3) is 0 Å². The second kappa shape index (κ2) is 7.62. The van der Waals surface area contributed by atoms with Crippen LogP contribution >= 0.6 is 15.9 Å². The first-order valence-corrected chi connectivity index (χ1v) is 8.84. The van der Waals surface area contributed by atoms with Crippen molar-refractivity contribution in [2.24, 2.45) is 0 Å². The number of carbonyl (C=O) groups excluding carboxylic acids is 2. The fraction of sp³-hybridized carbons (Fsp3) is 0.263. The monoisotopic (exact) mass is 386 g/mol. The lowest BCUT2D eigenvalue weighted by Gasteiger charge is -2.24. The van der Waals surface area contributed by atoms with Crippen molar-refractivity contribution in [3.8, 4) is 0 Å². The Morgan fingerprint density at radius 3 is 2.21 bits per heavy atom. The maximum atomic E-state index is 12.9. The molecule has 1 aliphatic heterocycles. The highest BCUT2D eigenvalue weighted by molar-refractivity contribution is 9.10. The van der Waals surface area contributed by atoms with Crippen LogP contribution in [0.1, 0.15) is 34.8 Å². The van der Waals surface area contributed by atoms with Crippen molar-refractivity contribution < 1.29 is 9.59 Å². The van der Waals surface area contributed by atoms with Crippen LogP contribution in [-0.2, 0) is 4.79 Å². The minimum absolute atomic E-state index is 0.0378. The fourth-order valence-electron chi connectivity index (χ4n) is 2.87. The van der Waals surface area contributed by atoms with Crippen molar-refractivity contribution in [1.82, 2.24) is 10.2 Å². The molecule has 1 N–H and O–H groups in total. The number of likely N-dealkylation sites (tertiary alicyclic amines) is 1. The molecule has 5 heteroatoms. The van der Waals surface area contributed by atoms with Crippen LogP contribution in [0, 0.1) is 0 Å². The molecular weight excluding hydrogens is 368 g/mol. The molecule has 0 spiro atoms. The molecule has 0 aromatic heterocycles. The quantitative estimate of drug-likeness (QED) is 0.873. The van der Waals surface area contributed by atoms with Gasteiger partial charge in [0.05, 0.1) is 0 Å². The summed E-state index contributed by atoms with van der Waals surface area (Å²) in [4.78, 5) is 27.3. The van der Waals surface area contributed by atoms with Crippen LogP contribution in [0.3, 0.4) is 0 Å². The third-order valence-corrected chi connectivity index (χ3v) is 4.71. The van der Waals surface area contributed by atoms with E-state index in [0.29, 0.717) is 5.56 Å². The molecule has 1 saturated heterocycles. The van der Waals surface area contributed by atoms with Gasteiger partial charge in [-0.3, -0.25) is 9.59 Å². The molecule has 4 nitrogen and oxygen atoms in total. The van der Waals surface area contributed by atoms with Gasteiger partial charge in [-0.25, -0.2) is 0 Å². The summed E-state index contributed by atoms with van der Waals surface area (Å²) < 4.78 is 0.909. The molecule has 0 unspecified atom stereocenters. The lowest BCUT2D eigenvalue weighted by Crippen LogP contribution is -2.41. The van der Waals surface area contributed by atoms with Gasteiger partial charge >= 0.3 is 0 Å². The predicted molar refractivity (Wildman–Crippen MR) is 96.6 cm³/mol. The molecule has 1 aliphatic rings. The minimum Gasteiger partial charge on any atom is -0.341 e. The van der Waals surface area contributed by atoms with Crippen LogP contribution < -0.4 is 5.32 Å². The van der Waals surface area contributed by atoms with E-state index < -0.39 is 6.04 Å². The zero-order valence-corrected chi connectivity index (χ0v) is 14.8. The summed E-state index contributed by atoms with van der Waals surface area (Å²) in [5.74, 6) is -0.284. The summed E-state index contributed by atoms with van der Waals surface area (Å²) in [7, 11) is 0. The predicted octanol–water partition coefficient (Wildman–Crippen LogP) is 3.54. The first kappa shape index (κ1) is 16.7. The lowest BCUT2D eigenvalue weighted by atomic mass is 10.0. The third kappa shape index (κ3) is 3.85. The number of amides is 2. The van der Waals surface area contributed by atoms with Gasteiger partial charge in [0.2, 0.25) is 5.91 Å². The topological polar surface area (TPSA) is 49.4 Å². The zero-order chi connectivity index (χ0) is 16.9. The van der Waals surface area contributed by atoms with Crippen molar-refractivity contribution in [3.05, 3.63) is 70.2 Å². The van der Waals surface area contributed by atoms with E-state index in [4.69, 9.17) is 0 Å². The summed E-state index contributed by atoms with van der Waals surface area (Å²) in [5.41, 5.74) is 1.34. The van der Waals surface area contributed by atoms with Crippen molar-refractivity contribution in [3.63, 3.8) is 0 Å². The van der Waals surface area contributed by atoms with Gasteiger partial charge in [-0.2, -0.15) is 0 Å². The Balaban J connectivity index is 1.83. The Morgan fingerprint density at radius 1 is 0.958 bits per heavy atom. The summed E-state index contributed by atoms with van der Waals surface area (Å²) in [6.45, 7) is 1.52. The number of benzene rings is 2. The maximum Gasteiger partial charge on any atom is 0.252 e. The molecule has 1 heterocycles. The van der Waals surface area contributed by atoms with Gasteiger partial charge in [0.15, 0.2) is 0 Å². The minimum atomic E-state index is -0.652. The van der Waals surface area contributed by atoms with Gasteiger partial charge in [-0.15, -0.1) is 0 Å². The van der Waals surface area contributed by atoms with E-state index in [0.717, 1.165) is 36.0 Å². The summed E-state index contributed by atoms with van der Waals surface area (Å²) in [6.07, 6.45) is 2.04. The second-order valence-electron chi connectivity index (χ2n) is 5.86. The first-order valence-electron chi connectivity index (χ1n) is 8.05. The fourth-order valence-corrected chi connectivity index (χ4v) is 3.13. The molecule has 3 rings (SSSR count). The molecular formula is C19H19BrN2O2. The number of rotatable bonds is 4. The highest BCUT2D eigenvalue weighted by Gasteiger charge is 2.29. The second-order valence-corrected chi connectivity index (χ2v) is 6.77. The standard InChI is InChI=1S/C19H19BrN2O2/c20-16-10-8-15(9-11-16)18(23)21-17(14-6-2-1-3-7-14)19(24)22-12-4-5-13-22/h1-3,6-11,17H,4-5,12-13H2,(H,21,23)/t17-/m0/s1. The van der Waals surface area contributed by atoms with E-state index >= 15 is 0 Å². The van der Waals surface area contributed by atoms with E-state index in [2.05, 4.69) is 21.2 Å². The largest absolute Gasteiger partial charge is 0.341 e. The smallest absolute Gasteiger partial charge is 0.252 e. The van der Waals surface area contributed by atoms with Crippen LogP contribution in [0.5, 0.6) is 0 Å². The van der Waals surface area contributed by atoms with Crippen LogP contribution in [0.15, 0.2) is 59.1 Å². The summed E-state index contributed by atoms with van der Waals surface area (Å²) >= 11 is 3.36. The average molecular weight is 387 g/mol. The Hall–Kier alpha value is -2.14. The molecule has 1 atom stereocenters. The lowest BCUT2D eigenvalue weighted by molar-refractivity contribution is -0.132. The summed E-state index contributed by atoms with van der Waals surface area (Å²) in [5, 5.41) is 2.90. The van der Waals surface area contributed by atoms with Crippen LogP contribution in [0.4, 0.5) is 0 Å². The van der Waals surface area contributed by atoms with Gasteiger partial charge in [0.1, 0.15) is 6.04 Å². The molecule has 0 radical (unpaired) electrons. The molecule has 2 aromatic carbocycles. The maximum absolute atomic E-state index is 12.9. The Labute approximate surface area is 150 Å². The number of halogens is 1. The summed E-state index contributed by atoms with van der Waals surface area (Å²) in [6, 6.07) is 15.9. The zero-order valence-electron chi connectivity index (χ0n) is 13.2. The van der Waals surface area contributed by atoms with E-state index in [1.807, 2.05) is 47.4 Å². The number of hydrogen-bond acceptors (Lipinski definition) is 2. The Morgan fingerprint density at radius 2 is 1.58 bits per heavy atom. The molecule has 0 bridgehead atoms. The number of nitrogens with one attached hydrogen (secondary N) is 1. The van der Waals surface area contributed by atoms with Crippen LogP contribution in [0.2, 0.25) is 0 Å². The molecule has 124 valence electrons. The van der Waals surface area contributed by atoms with E-state index in [-0.39, 0.29) is 11.8 Å². The van der Waals surface area contributed by atoms with Gasteiger partial charge in [-0.1, -0.05) is 46.3 Å². The Kier molecular flexibility index (Phi) is 5.30. The van der Waals surface area contributed by atoms with E-state index in [1.54, 1.807) is 12.1 Å². The van der Waals surface area contributed by atoms with Crippen molar-refractivity contribution >= 4 is 27.7 Å². The van der Waals surface area contributed by atoms with Crippen molar-refractivity contribution in [2.45, 2.75) is 18.9 Å². The highest BCUT2D eigenvalue weighted by atomic mass is 79.9. The van der Waals surface area contributed by atoms with Crippen molar-refractivity contribution in [1.29, 1.82) is 0 Å². The molecule has 2 amide bonds.